The number of carbonyl (C=O) groups is 1. The number of hydrogen-bond donors (Lipinski definition) is 0. The zero-order chi connectivity index (χ0) is 22.8. The molecule has 1 saturated heterocycles. The minimum atomic E-state index is -0.616. The van der Waals surface area contributed by atoms with Crippen molar-refractivity contribution >= 4 is 44.6 Å². The summed E-state index contributed by atoms with van der Waals surface area (Å²) < 4.78 is 12.1. The van der Waals surface area contributed by atoms with Crippen LogP contribution in [0, 0.1) is 0 Å². The van der Waals surface area contributed by atoms with E-state index in [-0.39, 0.29) is 16.8 Å². The van der Waals surface area contributed by atoms with Crippen molar-refractivity contribution < 1.29 is 13.9 Å². The van der Waals surface area contributed by atoms with Gasteiger partial charge in [-0.15, -0.1) is 11.8 Å². The van der Waals surface area contributed by atoms with Crippen molar-refractivity contribution in [3.05, 3.63) is 110 Å². The van der Waals surface area contributed by atoms with Crippen LogP contribution in [0.15, 0.2) is 92.5 Å². The van der Waals surface area contributed by atoms with E-state index < -0.39 is 5.63 Å². The van der Waals surface area contributed by atoms with Crippen LogP contribution in [0.4, 0.5) is 0 Å². The molecule has 1 amide bonds. The smallest absolute Gasteiger partial charge is 0.349 e. The predicted molar refractivity (Wildman–Crippen MR) is 134 cm³/mol. The molecule has 1 aliphatic rings. The van der Waals surface area contributed by atoms with Crippen LogP contribution >= 0.6 is 27.7 Å². The number of amides is 1. The number of rotatable bonds is 5. The molecule has 5 rings (SSSR count). The number of benzene rings is 3. The van der Waals surface area contributed by atoms with E-state index in [1.807, 2.05) is 60.7 Å². The zero-order valence-corrected chi connectivity index (χ0v) is 20.0. The van der Waals surface area contributed by atoms with Crippen molar-refractivity contribution in [1.29, 1.82) is 0 Å². The average Bonchev–Trinajstić information content (AvgIpc) is 3.33. The maximum atomic E-state index is 13.3. The molecule has 2 heterocycles. The molecule has 0 N–H and O–H groups in total. The summed E-state index contributed by atoms with van der Waals surface area (Å²) in [6.45, 7) is 1.06. The quantitative estimate of drug-likeness (QED) is 0.300. The Bertz CT molecular complexity index is 1350. The minimum Gasteiger partial charge on any atom is -0.489 e. The maximum Gasteiger partial charge on any atom is 0.349 e. The number of ether oxygens (including phenoxy) is 1. The van der Waals surface area contributed by atoms with Crippen molar-refractivity contribution in [2.24, 2.45) is 0 Å². The number of nitrogens with zero attached hydrogens (tertiary/aromatic N) is 1. The van der Waals surface area contributed by atoms with E-state index >= 15 is 0 Å². The molecule has 1 unspecified atom stereocenters. The summed E-state index contributed by atoms with van der Waals surface area (Å²) in [6.07, 6.45) is 0. The van der Waals surface area contributed by atoms with Crippen LogP contribution < -0.4 is 10.4 Å². The lowest BCUT2D eigenvalue weighted by atomic mass is 10.1. The molecular weight excluding hydrogens is 502 g/mol. The Labute approximate surface area is 203 Å². The number of thioether (sulfide) groups is 1. The van der Waals surface area contributed by atoms with E-state index in [1.54, 1.807) is 34.9 Å². The summed E-state index contributed by atoms with van der Waals surface area (Å²) in [6, 6.07) is 24.7. The van der Waals surface area contributed by atoms with Gasteiger partial charge in [0, 0.05) is 22.2 Å². The Balaban J connectivity index is 1.34. The van der Waals surface area contributed by atoms with Crippen molar-refractivity contribution in [3.8, 4) is 5.75 Å². The van der Waals surface area contributed by atoms with Gasteiger partial charge in [-0.25, -0.2) is 4.79 Å². The highest BCUT2D eigenvalue weighted by atomic mass is 79.9. The van der Waals surface area contributed by atoms with Crippen LogP contribution in [0.3, 0.4) is 0 Å². The summed E-state index contributed by atoms with van der Waals surface area (Å²) in [5.41, 5.74) is 1.99. The molecule has 4 aromatic rings. The predicted octanol–water partition coefficient (Wildman–Crippen LogP) is 6.02. The second-order valence-corrected chi connectivity index (χ2v) is 9.80. The lowest BCUT2D eigenvalue weighted by molar-refractivity contribution is 0.0756. The highest BCUT2D eigenvalue weighted by Crippen LogP contribution is 2.39. The molecule has 7 heteroatoms. The molecule has 3 aromatic carbocycles. The minimum absolute atomic E-state index is 0.0518. The normalized spacial score (nSPS) is 15.7. The average molecular weight is 522 g/mol. The first-order valence-electron chi connectivity index (χ1n) is 10.5. The van der Waals surface area contributed by atoms with Crippen molar-refractivity contribution in [1.82, 2.24) is 4.90 Å². The number of halogens is 1. The molecule has 1 atom stereocenters. The van der Waals surface area contributed by atoms with Gasteiger partial charge < -0.3 is 14.1 Å². The van der Waals surface area contributed by atoms with Crippen LogP contribution in [0.25, 0.3) is 11.0 Å². The molecule has 0 saturated carbocycles. The first kappa shape index (κ1) is 21.8. The van der Waals surface area contributed by atoms with Crippen LogP contribution in [0.2, 0.25) is 0 Å². The van der Waals surface area contributed by atoms with E-state index in [9.17, 15) is 9.59 Å². The Morgan fingerprint density at radius 2 is 1.85 bits per heavy atom. The summed E-state index contributed by atoms with van der Waals surface area (Å²) >= 11 is 5.10. The third kappa shape index (κ3) is 4.70. The molecule has 0 radical (unpaired) electrons. The third-order valence-corrected chi connectivity index (χ3v) is 7.24. The van der Waals surface area contributed by atoms with Gasteiger partial charge in [0.1, 0.15) is 28.9 Å². The molecule has 33 heavy (non-hydrogen) atoms. The SMILES string of the molecule is O=C(c1cc2cc(Br)ccc2oc1=O)N1CCSC1c1ccc(OCc2ccccc2)cc1. The van der Waals surface area contributed by atoms with E-state index in [2.05, 4.69) is 15.9 Å². The van der Waals surface area contributed by atoms with Gasteiger partial charge in [-0.05, 0) is 47.5 Å². The molecule has 1 aromatic heterocycles. The maximum absolute atomic E-state index is 13.3. The van der Waals surface area contributed by atoms with Crippen molar-refractivity contribution in [2.45, 2.75) is 12.0 Å². The summed E-state index contributed by atoms with van der Waals surface area (Å²) in [4.78, 5) is 27.6. The molecule has 0 spiro atoms. The highest BCUT2D eigenvalue weighted by Gasteiger charge is 2.33. The van der Waals surface area contributed by atoms with Crippen LogP contribution in [-0.4, -0.2) is 23.1 Å². The Morgan fingerprint density at radius 1 is 1.06 bits per heavy atom. The van der Waals surface area contributed by atoms with Crippen molar-refractivity contribution in [3.63, 3.8) is 0 Å². The molecule has 5 nitrogen and oxygen atoms in total. The Morgan fingerprint density at radius 3 is 2.64 bits per heavy atom. The number of hydrogen-bond acceptors (Lipinski definition) is 5. The van der Waals surface area contributed by atoms with Gasteiger partial charge in [-0.1, -0.05) is 58.4 Å². The summed E-state index contributed by atoms with van der Waals surface area (Å²) in [5, 5.41) is 0.536. The van der Waals surface area contributed by atoms with Crippen LogP contribution in [-0.2, 0) is 6.61 Å². The van der Waals surface area contributed by atoms with Gasteiger partial charge in [0.2, 0.25) is 0 Å². The second-order valence-electron chi connectivity index (χ2n) is 7.69. The van der Waals surface area contributed by atoms with Crippen molar-refractivity contribution in [2.75, 3.05) is 12.3 Å². The summed E-state index contributed by atoms with van der Waals surface area (Å²) in [5.74, 6) is 1.25. The third-order valence-electron chi connectivity index (χ3n) is 5.49. The Kier molecular flexibility index (Phi) is 6.24. The highest BCUT2D eigenvalue weighted by molar-refractivity contribution is 9.10. The van der Waals surface area contributed by atoms with Gasteiger partial charge in [0.15, 0.2) is 0 Å². The van der Waals surface area contributed by atoms with E-state index in [4.69, 9.17) is 9.15 Å². The fourth-order valence-corrected chi connectivity index (χ4v) is 5.46. The topological polar surface area (TPSA) is 59.8 Å². The number of carbonyl (C=O) groups excluding carboxylic acids is 1. The fraction of sp³-hybridized carbons (Fsp3) is 0.154. The first-order chi connectivity index (χ1) is 16.1. The first-order valence-corrected chi connectivity index (χ1v) is 12.4. The molecule has 0 aliphatic carbocycles. The molecule has 1 aliphatic heterocycles. The van der Waals surface area contributed by atoms with Crippen LogP contribution in [0.5, 0.6) is 5.75 Å². The fourth-order valence-electron chi connectivity index (χ4n) is 3.82. The van der Waals surface area contributed by atoms with Gasteiger partial charge in [0.05, 0.1) is 0 Å². The standard InChI is InChI=1S/C26H20BrNO4S/c27-20-8-11-23-19(14-20)15-22(26(30)32-23)24(29)28-12-13-33-25(28)18-6-9-21(10-7-18)31-16-17-4-2-1-3-5-17/h1-11,14-15,25H,12-13,16H2. The van der Waals surface area contributed by atoms with E-state index in [0.29, 0.717) is 24.1 Å². The largest absolute Gasteiger partial charge is 0.489 e. The molecular formula is C26H20BrNO4S. The monoisotopic (exact) mass is 521 g/mol. The van der Waals surface area contributed by atoms with E-state index in [0.717, 1.165) is 27.1 Å². The second kappa shape index (κ2) is 9.45. The number of fused-ring (bicyclic) bond motifs is 1. The van der Waals surface area contributed by atoms with E-state index in [1.165, 1.54) is 0 Å². The van der Waals surface area contributed by atoms with Gasteiger partial charge in [-0.3, -0.25) is 4.79 Å². The molecule has 166 valence electrons. The zero-order valence-electron chi connectivity index (χ0n) is 17.6. The lowest BCUT2D eigenvalue weighted by Crippen LogP contribution is -2.33. The van der Waals surface area contributed by atoms with Gasteiger partial charge in [-0.2, -0.15) is 0 Å². The Hall–Kier alpha value is -3.03. The summed E-state index contributed by atoms with van der Waals surface area (Å²) in [7, 11) is 0. The lowest BCUT2D eigenvalue weighted by Gasteiger charge is -2.24. The van der Waals surface area contributed by atoms with Gasteiger partial charge in [0.25, 0.3) is 5.91 Å². The molecule has 0 bridgehead atoms. The van der Waals surface area contributed by atoms with Gasteiger partial charge >= 0.3 is 5.63 Å². The van der Waals surface area contributed by atoms with Crippen LogP contribution in [0.1, 0.15) is 26.9 Å². The molecule has 1 fully saturated rings.